The van der Waals surface area contributed by atoms with Gasteiger partial charge in [0.05, 0.1) is 5.69 Å². The summed E-state index contributed by atoms with van der Waals surface area (Å²) in [4.78, 5) is 2.47. The Bertz CT molecular complexity index is 1590. The molecule has 0 amide bonds. The van der Waals surface area contributed by atoms with Gasteiger partial charge in [0.1, 0.15) is 0 Å². The summed E-state index contributed by atoms with van der Waals surface area (Å²) < 4.78 is 0. The van der Waals surface area contributed by atoms with Crippen molar-refractivity contribution in [2.45, 2.75) is 44.6 Å². The smallest absolute Gasteiger partial charge is 0.0579 e. The molecule has 0 spiro atoms. The van der Waals surface area contributed by atoms with Gasteiger partial charge in [0.2, 0.25) is 0 Å². The van der Waals surface area contributed by atoms with E-state index in [1.807, 2.05) is 0 Å². The fraction of sp³-hybridized carbons (Fsp3) is 0.211. The van der Waals surface area contributed by atoms with Crippen molar-refractivity contribution in [1.29, 1.82) is 0 Å². The van der Waals surface area contributed by atoms with Gasteiger partial charge in [-0.1, -0.05) is 103 Å². The first-order valence-corrected chi connectivity index (χ1v) is 14.8. The molecule has 2 nitrogen and oxygen atoms in total. The number of nitrogens with one attached hydrogen (secondary N) is 1. The number of anilines is 4. The van der Waals surface area contributed by atoms with E-state index in [1.165, 1.54) is 50.2 Å². The summed E-state index contributed by atoms with van der Waals surface area (Å²) in [6.07, 6.45) is 23.3. The molecule has 2 atom stereocenters. The number of hydrogen-bond acceptors (Lipinski definition) is 2. The van der Waals surface area contributed by atoms with Crippen LogP contribution in [0.1, 0.15) is 43.2 Å². The van der Waals surface area contributed by atoms with Crippen LogP contribution in [0.5, 0.6) is 0 Å². The highest BCUT2D eigenvalue weighted by atomic mass is 15.1. The summed E-state index contributed by atoms with van der Waals surface area (Å²) in [5, 5.41) is 6.74. The van der Waals surface area contributed by atoms with Gasteiger partial charge in [-0.2, -0.15) is 0 Å². The number of allylic oxidation sites excluding steroid dienone is 5. The second-order valence-electron chi connectivity index (χ2n) is 11.1. The summed E-state index contributed by atoms with van der Waals surface area (Å²) in [7, 11) is 0. The lowest BCUT2D eigenvalue weighted by molar-refractivity contribution is 0.541. The van der Waals surface area contributed by atoms with E-state index in [0.717, 1.165) is 38.5 Å². The molecule has 0 heterocycles. The van der Waals surface area contributed by atoms with Crippen LogP contribution >= 0.6 is 0 Å². The fourth-order valence-electron chi connectivity index (χ4n) is 6.74. The number of benzene rings is 4. The Labute approximate surface area is 238 Å². The predicted octanol–water partition coefficient (Wildman–Crippen LogP) is 10.3. The van der Waals surface area contributed by atoms with E-state index < -0.39 is 0 Å². The molecule has 2 heteroatoms. The molecule has 0 radical (unpaired) electrons. The minimum atomic E-state index is 0.368. The van der Waals surface area contributed by atoms with Crippen molar-refractivity contribution in [3.05, 3.63) is 138 Å². The molecular weight excluding hydrogens is 484 g/mol. The summed E-state index contributed by atoms with van der Waals surface area (Å²) in [6, 6.07) is 31.0. The van der Waals surface area contributed by atoms with Gasteiger partial charge in [0.15, 0.2) is 0 Å². The van der Waals surface area contributed by atoms with Gasteiger partial charge < -0.3 is 10.2 Å². The third-order valence-corrected chi connectivity index (χ3v) is 8.59. The number of rotatable bonds is 6. The third-order valence-electron chi connectivity index (χ3n) is 8.59. The zero-order valence-corrected chi connectivity index (χ0v) is 23.0. The highest BCUT2D eigenvalue weighted by molar-refractivity contribution is 6.10. The molecule has 3 aliphatic carbocycles. The monoisotopic (exact) mass is 520 g/mol. The van der Waals surface area contributed by atoms with E-state index in [-0.39, 0.29) is 0 Å². The van der Waals surface area contributed by atoms with E-state index in [9.17, 15) is 0 Å². The summed E-state index contributed by atoms with van der Waals surface area (Å²) in [5.41, 5.74) is 9.20. The topological polar surface area (TPSA) is 15.3 Å². The minimum Gasteiger partial charge on any atom is -0.380 e. The maximum atomic E-state index is 4.15. The molecule has 4 aromatic rings. The maximum absolute atomic E-state index is 4.15. The van der Waals surface area contributed by atoms with E-state index in [4.69, 9.17) is 0 Å². The molecule has 198 valence electrons. The van der Waals surface area contributed by atoms with Crippen molar-refractivity contribution in [1.82, 2.24) is 0 Å². The standard InChI is InChI=1S/C38H36N2/c1-4-16-28(17-5-1)31-22-14-15-27-36(31)39-37-32-23-10-12-25-34(32)38(35-26-13-11-24-33(35)37)40(29-18-6-2-7-19-29)30-20-8-3-9-21-30/h2-4,6-12,14,16-25,31,36,39H,1,5,13,15,26-27H2. The largest absolute Gasteiger partial charge is 0.380 e. The number of fused-ring (bicyclic) bond motifs is 2. The molecule has 40 heavy (non-hydrogen) atoms. The summed E-state index contributed by atoms with van der Waals surface area (Å²) in [6.45, 7) is 0. The van der Waals surface area contributed by atoms with Crippen LogP contribution in [0.4, 0.5) is 22.7 Å². The van der Waals surface area contributed by atoms with Crippen LogP contribution in [0.3, 0.4) is 0 Å². The average molecular weight is 521 g/mol. The Morgan fingerprint density at radius 3 is 2.08 bits per heavy atom. The first kappa shape index (κ1) is 24.7. The number of hydrogen-bond donors (Lipinski definition) is 1. The SMILES string of the molecule is C1=CC(C2C=CCCC2Nc2c3c(c(N(c4ccccc4)c4ccccc4)c4ccccc24)CCC=C3)=CCC1. The van der Waals surface area contributed by atoms with Crippen molar-refractivity contribution in [2.75, 3.05) is 10.2 Å². The number of nitrogens with zero attached hydrogens (tertiary/aromatic N) is 1. The summed E-state index contributed by atoms with van der Waals surface area (Å²) in [5.74, 6) is 0.400. The molecule has 0 aliphatic heterocycles. The summed E-state index contributed by atoms with van der Waals surface area (Å²) >= 11 is 0. The van der Waals surface area contributed by atoms with Crippen LogP contribution in [0.25, 0.3) is 16.8 Å². The molecule has 7 rings (SSSR count). The van der Waals surface area contributed by atoms with Gasteiger partial charge in [-0.05, 0) is 73.9 Å². The normalized spacial score (nSPS) is 19.8. The van der Waals surface area contributed by atoms with E-state index in [1.54, 1.807) is 0 Å². The van der Waals surface area contributed by atoms with Crippen LogP contribution in [0.15, 0.2) is 127 Å². The molecule has 0 aromatic heterocycles. The quantitative estimate of drug-likeness (QED) is 0.201. The lowest BCUT2D eigenvalue weighted by Gasteiger charge is -2.35. The van der Waals surface area contributed by atoms with Crippen molar-refractivity contribution < 1.29 is 0 Å². The van der Waals surface area contributed by atoms with Crippen molar-refractivity contribution in [3.63, 3.8) is 0 Å². The minimum absolute atomic E-state index is 0.368. The molecule has 0 saturated heterocycles. The van der Waals surface area contributed by atoms with Gasteiger partial charge in [0.25, 0.3) is 0 Å². The maximum Gasteiger partial charge on any atom is 0.0579 e. The Morgan fingerprint density at radius 2 is 1.35 bits per heavy atom. The zero-order chi connectivity index (χ0) is 26.7. The highest BCUT2D eigenvalue weighted by Crippen LogP contribution is 2.48. The van der Waals surface area contributed by atoms with Gasteiger partial charge in [-0.3, -0.25) is 0 Å². The predicted molar refractivity (Wildman–Crippen MR) is 172 cm³/mol. The third kappa shape index (κ3) is 4.58. The first-order chi connectivity index (χ1) is 19.9. The molecule has 1 N–H and O–H groups in total. The van der Waals surface area contributed by atoms with Crippen LogP contribution in [-0.2, 0) is 6.42 Å². The average Bonchev–Trinajstić information content (AvgIpc) is 3.04. The van der Waals surface area contributed by atoms with Crippen molar-refractivity contribution >= 4 is 39.6 Å². The second-order valence-corrected chi connectivity index (χ2v) is 11.1. The molecule has 4 aromatic carbocycles. The second kappa shape index (κ2) is 11.1. The molecule has 0 bridgehead atoms. The Kier molecular flexibility index (Phi) is 6.83. The molecular formula is C38H36N2. The van der Waals surface area contributed by atoms with Crippen LogP contribution in [-0.4, -0.2) is 6.04 Å². The lowest BCUT2D eigenvalue weighted by atomic mass is 9.81. The molecule has 0 fully saturated rings. The zero-order valence-electron chi connectivity index (χ0n) is 23.0. The van der Waals surface area contributed by atoms with Gasteiger partial charge in [-0.25, -0.2) is 0 Å². The molecule has 3 aliphatic rings. The Balaban J connectivity index is 1.43. The molecule has 0 saturated carbocycles. The Hall–Kier alpha value is -4.30. The van der Waals surface area contributed by atoms with Crippen LogP contribution in [0.2, 0.25) is 0 Å². The first-order valence-electron chi connectivity index (χ1n) is 14.8. The van der Waals surface area contributed by atoms with Crippen molar-refractivity contribution in [3.8, 4) is 0 Å². The van der Waals surface area contributed by atoms with Crippen LogP contribution < -0.4 is 10.2 Å². The van der Waals surface area contributed by atoms with Gasteiger partial charge >= 0.3 is 0 Å². The Morgan fingerprint density at radius 1 is 0.650 bits per heavy atom. The van der Waals surface area contributed by atoms with E-state index in [2.05, 4.69) is 138 Å². The number of para-hydroxylation sites is 2. The van der Waals surface area contributed by atoms with Gasteiger partial charge in [-0.15, -0.1) is 0 Å². The molecule has 2 unspecified atom stereocenters. The highest BCUT2D eigenvalue weighted by Gasteiger charge is 2.29. The van der Waals surface area contributed by atoms with E-state index >= 15 is 0 Å². The van der Waals surface area contributed by atoms with E-state index in [0.29, 0.717) is 12.0 Å². The van der Waals surface area contributed by atoms with Crippen molar-refractivity contribution in [2.24, 2.45) is 5.92 Å². The van der Waals surface area contributed by atoms with Gasteiger partial charge in [0, 0.05) is 45.4 Å². The lowest BCUT2D eigenvalue weighted by Crippen LogP contribution is -2.32. The fourth-order valence-corrected chi connectivity index (χ4v) is 6.74. The van der Waals surface area contributed by atoms with Crippen LogP contribution in [0, 0.1) is 5.92 Å².